The Bertz CT molecular complexity index is 1180. The maximum absolute atomic E-state index is 11.1. The zero-order chi connectivity index (χ0) is 19.3. The Morgan fingerprint density at radius 1 is 1.07 bits per heavy atom. The van der Waals surface area contributed by atoms with Gasteiger partial charge in [0, 0.05) is 11.6 Å². The molecule has 1 aliphatic carbocycles. The van der Waals surface area contributed by atoms with Crippen LogP contribution in [0.5, 0.6) is 0 Å². The van der Waals surface area contributed by atoms with E-state index in [2.05, 4.69) is 52.5 Å². The average Bonchev–Trinajstić information content (AvgIpc) is 3.47. The molecule has 0 bridgehead atoms. The van der Waals surface area contributed by atoms with Gasteiger partial charge in [-0.2, -0.15) is 5.10 Å². The Kier molecular flexibility index (Phi) is 3.76. The smallest absolute Gasteiger partial charge is 0.307 e. The van der Waals surface area contributed by atoms with Crippen molar-refractivity contribution in [1.29, 1.82) is 0 Å². The minimum atomic E-state index is -0.697. The van der Waals surface area contributed by atoms with Crippen LogP contribution in [0.1, 0.15) is 23.6 Å². The molecule has 2 atom stereocenters. The summed E-state index contributed by atoms with van der Waals surface area (Å²) in [5.41, 5.74) is 5.29. The van der Waals surface area contributed by atoms with Crippen molar-refractivity contribution in [3.63, 3.8) is 0 Å². The minimum absolute atomic E-state index is 0.155. The van der Waals surface area contributed by atoms with Crippen LogP contribution in [0.25, 0.3) is 27.8 Å². The van der Waals surface area contributed by atoms with E-state index in [0.717, 1.165) is 45.5 Å². The van der Waals surface area contributed by atoms with Gasteiger partial charge in [-0.3, -0.25) is 4.79 Å². The van der Waals surface area contributed by atoms with Gasteiger partial charge in [-0.15, -0.1) is 0 Å². The van der Waals surface area contributed by atoms with E-state index >= 15 is 0 Å². The maximum Gasteiger partial charge on any atom is 0.307 e. The summed E-state index contributed by atoms with van der Waals surface area (Å²) in [4.78, 5) is 15.5. The summed E-state index contributed by atoms with van der Waals surface area (Å²) in [6, 6.07) is 20.4. The molecule has 5 heteroatoms. The number of nitrogens with zero attached hydrogens (tertiary/aromatic N) is 3. The van der Waals surface area contributed by atoms with Gasteiger partial charge in [-0.1, -0.05) is 42.5 Å². The van der Waals surface area contributed by atoms with E-state index in [-0.39, 0.29) is 11.8 Å². The number of aliphatic carboxylic acids is 1. The van der Waals surface area contributed by atoms with Crippen LogP contribution in [0.4, 0.5) is 0 Å². The van der Waals surface area contributed by atoms with Crippen molar-refractivity contribution in [1.82, 2.24) is 14.8 Å². The summed E-state index contributed by atoms with van der Waals surface area (Å²) < 4.78 is 1.88. The van der Waals surface area contributed by atoms with E-state index in [9.17, 15) is 4.79 Å². The normalized spacial score (nSPS) is 18.3. The lowest BCUT2D eigenvalue weighted by atomic mass is 10.0. The van der Waals surface area contributed by atoms with Gasteiger partial charge in [0.1, 0.15) is 0 Å². The monoisotopic (exact) mass is 369 g/mol. The molecule has 2 aromatic carbocycles. The quantitative estimate of drug-likeness (QED) is 0.571. The molecule has 1 N–H and O–H groups in total. The topological polar surface area (TPSA) is 68.0 Å². The number of carbonyl (C=O) groups is 1. The molecule has 0 saturated heterocycles. The average molecular weight is 369 g/mol. The fourth-order valence-corrected chi connectivity index (χ4v) is 3.86. The molecule has 0 aliphatic heterocycles. The lowest BCUT2D eigenvalue weighted by molar-refractivity contribution is -0.138. The van der Waals surface area contributed by atoms with Crippen molar-refractivity contribution in [3.8, 4) is 16.9 Å². The van der Waals surface area contributed by atoms with E-state index in [4.69, 9.17) is 5.11 Å². The molecule has 138 valence electrons. The van der Waals surface area contributed by atoms with Crippen LogP contribution in [0, 0.1) is 12.8 Å². The van der Waals surface area contributed by atoms with Gasteiger partial charge >= 0.3 is 5.97 Å². The second-order valence-electron chi connectivity index (χ2n) is 7.33. The first-order valence-corrected chi connectivity index (χ1v) is 9.36. The van der Waals surface area contributed by atoms with Gasteiger partial charge < -0.3 is 5.11 Å². The molecule has 28 heavy (non-hydrogen) atoms. The number of carboxylic acid groups (broad SMARTS) is 1. The Hall–Kier alpha value is -3.47. The van der Waals surface area contributed by atoms with Crippen molar-refractivity contribution >= 4 is 16.9 Å². The molecular formula is C23H19N3O2. The minimum Gasteiger partial charge on any atom is -0.481 e. The Morgan fingerprint density at radius 3 is 2.54 bits per heavy atom. The first-order chi connectivity index (χ1) is 13.6. The van der Waals surface area contributed by atoms with Crippen molar-refractivity contribution in [2.45, 2.75) is 19.3 Å². The molecule has 1 aliphatic rings. The number of aromatic nitrogens is 3. The van der Waals surface area contributed by atoms with Gasteiger partial charge in [0.15, 0.2) is 5.82 Å². The Morgan fingerprint density at radius 2 is 1.86 bits per heavy atom. The summed E-state index contributed by atoms with van der Waals surface area (Å²) in [6.07, 6.45) is 2.51. The van der Waals surface area contributed by atoms with Crippen LogP contribution in [0.15, 0.2) is 66.9 Å². The van der Waals surface area contributed by atoms with Gasteiger partial charge in [0.05, 0.1) is 17.1 Å². The second-order valence-corrected chi connectivity index (χ2v) is 7.33. The summed E-state index contributed by atoms with van der Waals surface area (Å²) in [7, 11) is 0. The molecule has 4 aromatic rings. The number of benzene rings is 2. The molecular weight excluding hydrogens is 350 g/mol. The highest BCUT2D eigenvalue weighted by Crippen LogP contribution is 2.47. The highest BCUT2D eigenvalue weighted by molar-refractivity contribution is 5.87. The van der Waals surface area contributed by atoms with Crippen molar-refractivity contribution in [2.24, 2.45) is 5.92 Å². The third-order valence-electron chi connectivity index (χ3n) is 5.51. The van der Waals surface area contributed by atoms with E-state index in [1.54, 1.807) is 6.20 Å². The van der Waals surface area contributed by atoms with Crippen LogP contribution >= 0.6 is 0 Å². The lowest BCUT2D eigenvalue weighted by Crippen LogP contribution is -1.99. The summed E-state index contributed by atoms with van der Waals surface area (Å²) in [6.45, 7) is 2.00. The number of hydrogen-bond donors (Lipinski definition) is 1. The Labute approximate surface area is 162 Å². The van der Waals surface area contributed by atoms with Crippen LogP contribution in [0.2, 0.25) is 0 Å². The third-order valence-corrected chi connectivity index (χ3v) is 5.51. The van der Waals surface area contributed by atoms with Crippen molar-refractivity contribution in [3.05, 3.63) is 78.1 Å². The molecule has 0 spiro atoms. The van der Waals surface area contributed by atoms with E-state index in [0.29, 0.717) is 0 Å². The van der Waals surface area contributed by atoms with Gasteiger partial charge in [-0.25, -0.2) is 9.67 Å². The highest BCUT2D eigenvalue weighted by atomic mass is 16.4. The molecule has 0 unspecified atom stereocenters. The number of carboxylic acids is 1. The zero-order valence-electron chi connectivity index (χ0n) is 15.4. The molecule has 1 saturated carbocycles. The molecule has 2 heterocycles. The number of aryl methyl sites for hydroxylation is 1. The molecule has 0 amide bonds. The fourth-order valence-electron chi connectivity index (χ4n) is 3.86. The van der Waals surface area contributed by atoms with Gasteiger partial charge in [0.2, 0.25) is 0 Å². The van der Waals surface area contributed by atoms with Crippen molar-refractivity contribution in [2.75, 3.05) is 0 Å². The zero-order valence-corrected chi connectivity index (χ0v) is 15.4. The van der Waals surface area contributed by atoms with Crippen LogP contribution < -0.4 is 0 Å². The largest absolute Gasteiger partial charge is 0.481 e. The van der Waals surface area contributed by atoms with Crippen molar-refractivity contribution < 1.29 is 9.90 Å². The molecule has 1 fully saturated rings. The number of rotatable bonds is 4. The predicted octanol–water partition coefficient (Wildman–Crippen LogP) is 4.58. The van der Waals surface area contributed by atoms with E-state index in [1.165, 1.54) is 0 Å². The standard InChI is InChI=1S/C23H19N3O2/c1-14-18-10-9-17(12-21(18)26(25-14)22-4-2-3-11-24-22)15-5-7-16(8-6-15)19-13-20(19)23(27)28/h2-12,19-20H,13H2,1H3,(H,27,28)/t19-,20-/m1/s1. The SMILES string of the molecule is Cc1nn(-c2ccccn2)c2cc(-c3ccc([C@H]4C[C@H]4C(=O)O)cc3)ccc12. The van der Waals surface area contributed by atoms with Crippen LogP contribution in [-0.4, -0.2) is 25.8 Å². The summed E-state index contributed by atoms with van der Waals surface area (Å²) in [5.74, 6) is 0.0272. The number of pyridine rings is 1. The third kappa shape index (κ3) is 2.76. The first-order valence-electron chi connectivity index (χ1n) is 9.36. The molecule has 0 radical (unpaired) electrons. The summed E-state index contributed by atoms with van der Waals surface area (Å²) in [5, 5.41) is 14.9. The van der Waals surface area contributed by atoms with Crippen LogP contribution in [-0.2, 0) is 4.79 Å². The highest BCUT2D eigenvalue weighted by Gasteiger charge is 2.43. The second kappa shape index (κ2) is 6.30. The van der Waals surface area contributed by atoms with Gasteiger partial charge in [0.25, 0.3) is 0 Å². The molecule has 2 aromatic heterocycles. The van der Waals surface area contributed by atoms with Crippen LogP contribution in [0.3, 0.4) is 0 Å². The fraction of sp³-hybridized carbons (Fsp3) is 0.174. The maximum atomic E-state index is 11.1. The lowest BCUT2D eigenvalue weighted by Gasteiger charge is -2.06. The molecule has 5 nitrogen and oxygen atoms in total. The number of fused-ring (bicyclic) bond motifs is 1. The van der Waals surface area contributed by atoms with E-state index < -0.39 is 5.97 Å². The number of hydrogen-bond acceptors (Lipinski definition) is 3. The molecule has 5 rings (SSSR count). The summed E-state index contributed by atoms with van der Waals surface area (Å²) >= 11 is 0. The van der Waals surface area contributed by atoms with E-state index in [1.807, 2.05) is 29.8 Å². The Balaban J connectivity index is 1.52. The predicted molar refractivity (Wildman–Crippen MR) is 108 cm³/mol. The van der Waals surface area contributed by atoms with Gasteiger partial charge in [-0.05, 0) is 54.2 Å². The first kappa shape index (κ1) is 16.7.